The molecule has 0 saturated carbocycles. The largest absolute Gasteiger partial charge is 0.493 e. The summed E-state index contributed by atoms with van der Waals surface area (Å²) in [7, 11) is 3.05. The van der Waals surface area contributed by atoms with E-state index in [1.807, 2.05) is 6.07 Å². The molecule has 1 aliphatic carbocycles. The number of allylic oxidation sites excluding steroid dienone is 1. The fourth-order valence-electron chi connectivity index (χ4n) is 3.23. The molecule has 142 valence electrons. The number of hydrogen-bond acceptors (Lipinski definition) is 3. The normalized spacial score (nSPS) is 17.7. The molecule has 1 aliphatic rings. The Kier molecular flexibility index (Phi) is 5.33. The Morgan fingerprint density at radius 1 is 1.11 bits per heavy atom. The van der Waals surface area contributed by atoms with Crippen LogP contribution in [0.3, 0.4) is 0 Å². The van der Waals surface area contributed by atoms with E-state index in [0.717, 1.165) is 35.1 Å². The molecule has 1 atom stereocenters. The first-order valence-corrected chi connectivity index (χ1v) is 8.85. The van der Waals surface area contributed by atoms with Crippen LogP contribution in [0.1, 0.15) is 28.2 Å². The zero-order valence-corrected chi connectivity index (χ0v) is 16.1. The lowest BCUT2D eigenvalue weighted by molar-refractivity contribution is -0.137. The zero-order valence-electron chi connectivity index (χ0n) is 14.6. The molecule has 1 unspecified atom stereocenters. The van der Waals surface area contributed by atoms with Crippen molar-refractivity contribution < 1.29 is 27.4 Å². The van der Waals surface area contributed by atoms with Crippen molar-refractivity contribution in [1.82, 2.24) is 0 Å². The highest BCUT2D eigenvalue weighted by molar-refractivity contribution is 9.10. The van der Waals surface area contributed by atoms with Gasteiger partial charge in [0.25, 0.3) is 0 Å². The first-order valence-electron chi connectivity index (χ1n) is 8.05. The lowest BCUT2D eigenvalue weighted by atomic mass is 9.97. The highest BCUT2D eigenvalue weighted by Gasteiger charge is 2.31. The molecule has 3 rings (SSSR count). The van der Waals surface area contributed by atoms with E-state index in [1.165, 1.54) is 20.3 Å². The number of halogens is 4. The fraction of sp³-hybridized carbons (Fsp3) is 0.250. The molecular formula is C20H16BrF3O3. The van der Waals surface area contributed by atoms with Gasteiger partial charge in [0.05, 0.1) is 25.7 Å². The second-order valence-corrected chi connectivity index (χ2v) is 7.00. The number of aldehydes is 1. The lowest BCUT2D eigenvalue weighted by Gasteiger charge is -2.11. The van der Waals surface area contributed by atoms with Gasteiger partial charge >= 0.3 is 6.18 Å². The number of alkyl halides is 3. The van der Waals surface area contributed by atoms with Crippen LogP contribution in [-0.4, -0.2) is 20.5 Å². The van der Waals surface area contributed by atoms with Gasteiger partial charge in [-0.05, 0) is 47.4 Å². The third kappa shape index (κ3) is 3.74. The molecule has 0 N–H and O–H groups in total. The number of benzene rings is 2. The van der Waals surface area contributed by atoms with Gasteiger partial charge in [-0.1, -0.05) is 33.6 Å². The average Bonchev–Trinajstić information content (AvgIpc) is 2.97. The van der Waals surface area contributed by atoms with E-state index in [-0.39, 0.29) is 0 Å². The Balaban J connectivity index is 2.01. The summed E-state index contributed by atoms with van der Waals surface area (Å²) >= 11 is 3.20. The Bertz CT molecular complexity index is 919. The molecule has 0 bridgehead atoms. The molecule has 0 aliphatic heterocycles. The summed E-state index contributed by atoms with van der Waals surface area (Å²) in [5, 5.41) is 0. The maximum atomic E-state index is 12.8. The van der Waals surface area contributed by atoms with Crippen molar-refractivity contribution in [3.8, 4) is 11.5 Å². The number of methoxy groups -OCH3 is 2. The standard InChI is InChI=1S/C20H16BrF3O3/c1-26-18-7-13-6-12(16(10-25)15(13)9-19(18)27-2)5-11-3-4-14(8-17(11)21)20(22,23)24/h3-5,7-10,16H,6H2,1-2H3/b12-5+. The molecule has 0 heterocycles. The zero-order chi connectivity index (χ0) is 19.8. The number of ether oxygens (including phenoxy) is 2. The van der Waals surface area contributed by atoms with Gasteiger partial charge in [-0.2, -0.15) is 13.2 Å². The maximum absolute atomic E-state index is 12.8. The smallest absolute Gasteiger partial charge is 0.416 e. The van der Waals surface area contributed by atoms with Crippen molar-refractivity contribution >= 4 is 28.3 Å². The molecule has 0 radical (unpaired) electrons. The van der Waals surface area contributed by atoms with Crippen LogP contribution in [0, 0.1) is 0 Å². The van der Waals surface area contributed by atoms with Gasteiger partial charge in [0.1, 0.15) is 6.29 Å². The van der Waals surface area contributed by atoms with Crippen LogP contribution in [0.25, 0.3) is 6.08 Å². The summed E-state index contributed by atoms with van der Waals surface area (Å²) < 4.78 is 49.4. The van der Waals surface area contributed by atoms with Crippen molar-refractivity contribution in [1.29, 1.82) is 0 Å². The average molecular weight is 441 g/mol. The summed E-state index contributed by atoms with van der Waals surface area (Å²) in [4.78, 5) is 11.7. The Labute approximate surface area is 162 Å². The number of carbonyl (C=O) groups is 1. The molecule has 3 nitrogen and oxygen atoms in total. The predicted octanol–water partition coefficient (Wildman–Crippen LogP) is 5.41. The van der Waals surface area contributed by atoms with Crippen LogP contribution in [0.4, 0.5) is 13.2 Å². The molecule has 0 fully saturated rings. The SMILES string of the molecule is COc1cc2c(cc1OC)C(C=O)/C(=C/c1ccc(C(F)(F)F)cc1Br)C2. The van der Waals surface area contributed by atoms with Crippen LogP contribution in [0.5, 0.6) is 11.5 Å². The summed E-state index contributed by atoms with van der Waals surface area (Å²) in [6.45, 7) is 0. The van der Waals surface area contributed by atoms with Crippen molar-refractivity contribution in [2.45, 2.75) is 18.5 Å². The Morgan fingerprint density at radius 3 is 2.33 bits per heavy atom. The van der Waals surface area contributed by atoms with Gasteiger partial charge in [-0.3, -0.25) is 0 Å². The second kappa shape index (κ2) is 7.38. The molecule has 0 amide bonds. The number of rotatable bonds is 4. The Morgan fingerprint density at radius 2 is 1.78 bits per heavy atom. The Hall–Kier alpha value is -2.28. The highest BCUT2D eigenvalue weighted by Crippen LogP contribution is 2.43. The van der Waals surface area contributed by atoms with E-state index < -0.39 is 17.7 Å². The second-order valence-electron chi connectivity index (χ2n) is 6.15. The molecule has 7 heteroatoms. The van der Waals surface area contributed by atoms with Crippen LogP contribution in [0.2, 0.25) is 0 Å². The van der Waals surface area contributed by atoms with Crippen LogP contribution in [0.15, 0.2) is 40.4 Å². The van der Waals surface area contributed by atoms with Crippen LogP contribution in [-0.2, 0) is 17.4 Å². The van der Waals surface area contributed by atoms with Crippen LogP contribution >= 0.6 is 15.9 Å². The van der Waals surface area contributed by atoms with Gasteiger partial charge < -0.3 is 14.3 Å². The molecular weight excluding hydrogens is 425 g/mol. The monoisotopic (exact) mass is 440 g/mol. The van der Waals surface area contributed by atoms with Gasteiger partial charge in [0.15, 0.2) is 11.5 Å². The summed E-state index contributed by atoms with van der Waals surface area (Å²) in [6.07, 6.45) is -1.31. The van der Waals surface area contributed by atoms with E-state index in [4.69, 9.17) is 9.47 Å². The molecule has 2 aromatic carbocycles. The lowest BCUT2D eigenvalue weighted by Crippen LogP contribution is -2.04. The van der Waals surface area contributed by atoms with Gasteiger partial charge in [-0.25, -0.2) is 0 Å². The quantitative estimate of drug-likeness (QED) is 0.596. The van der Waals surface area contributed by atoms with Crippen LogP contribution < -0.4 is 9.47 Å². The third-order valence-corrected chi connectivity index (χ3v) is 5.27. The number of carbonyl (C=O) groups excluding carboxylic acids is 1. The summed E-state index contributed by atoms with van der Waals surface area (Å²) in [5.41, 5.74) is 2.40. The van der Waals surface area contributed by atoms with E-state index in [2.05, 4.69) is 15.9 Å². The van der Waals surface area contributed by atoms with Crippen molar-refractivity contribution in [2.24, 2.45) is 0 Å². The fourth-order valence-corrected chi connectivity index (χ4v) is 3.72. The molecule has 0 spiro atoms. The van der Waals surface area contributed by atoms with Gasteiger partial charge in [-0.15, -0.1) is 0 Å². The number of fused-ring (bicyclic) bond motifs is 1. The first kappa shape index (κ1) is 19.5. The minimum absolute atomic E-state index is 0.320. The van der Waals surface area contributed by atoms with Crippen molar-refractivity contribution in [3.63, 3.8) is 0 Å². The maximum Gasteiger partial charge on any atom is 0.416 e. The summed E-state index contributed by atoms with van der Waals surface area (Å²) in [5.74, 6) is 0.618. The van der Waals surface area contributed by atoms with Crippen molar-refractivity contribution in [3.05, 3.63) is 62.6 Å². The minimum atomic E-state index is -4.41. The minimum Gasteiger partial charge on any atom is -0.493 e. The van der Waals surface area contributed by atoms with Crippen molar-refractivity contribution in [2.75, 3.05) is 14.2 Å². The highest BCUT2D eigenvalue weighted by atomic mass is 79.9. The van der Waals surface area contributed by atoms with E-state index >= 15 is 0 Å². The third-order valence-electron chi connectivity index (χ3n) is 4.58. The molecule has 2 aromatic rings. The molecule has 0 saturated heterocycles. The number of hydrogen-bond donors (Lipinski definition) is 0. The van der Waals surface area contributed by atoms with E-state index in [1.54, 1.807) is 12.1 Å². The predicted molar refractivity (Wildman–Crippen MR) is 99.2 cm³/mol. The molecule has 0 aromatic heterocycles. The van der Waals surface area contributed by atoms with Gasteiger partial charge in [0.2, 0.25) is 0 Å². The summed E-state index contributed by atoms with van der Waals surface area (Å²) in [6, 6.07) is 7.06. The van der Waals surface area contributed by atoms with Gasteiger partial charge in [0, 0.05) is 4.47 Å². The first-order chi connectivity index (χ1) is 12.8. The molecule has 27 heavy (non-hydrogen) atoms. The topological polar surface area (TPSA) is 35.5 Å². The van der Waals surface area contributed by atoms with E-state index in [9.17, 15) is 18.0 Å². The van der Waals surface area contributed by atoms with E-state index in [0.29, 0.717) is 28.0 Å².